The number of hydrogen-bond acceptors (Lipinski definition) is 5. The molecule has 0 saturated heterocycles. The first-order valence-corrected chi connectivity index (χ1v) is 11.9. The van der Waals surface area contributed by atoms with Gasteiger partial charge in [0.25, 0.3) is 5.91 Å². The van der Waals surface area contributed by atoms with Crippen LogP contribution in [0.15, 0.2) is 47.1 Å². The highest BCUT2D eigenvalue weighted by molar-refractivity contribution is 7.92. The van der Waals surface area contributed by atoms with Crippen LogP contribution < -0.4 is 10.0 Å². The smallest absolute Gasteiger partial charge is 0.273 e. The Kier molecular flexibility index (Phi) is 5.96. The van der Waals surface area contributed by atoms with Crippen LogP contribution in [0.2, 0.25) is 0 Å². The van der Waals surface area contributed by atoms with Crippen LogP contribution in [0.4, 0.5) is 14.5 Å². The van der Waals surface area contributed by atoms with Gasteiger partial charge in [0.05, 0.1) is 6.26 Å². The number of halogens is 2. The molecule has 1 aliphatic carbocycles. The number of hydrogen-bond donors (Lipinski definition) is 2. The predicted octanol–water partition coefficient (Wildman–Crippen LogP) is 3.84. The molecule has 0 atom stereocenters. The molecule has 0 unspecified atom stereocenters. The Morgan fingerprint density at radius 1 is 1.19 bits per heavy atom. The first-order valence-electron chi connectivity index (χ1n) is 9.99. The lowest BCUT2D eigenvalue weighted by atomic mass is 10.1. The third-order valence-corrected chi connectivity index (χ3v) is 5.58. The highest BCUT2D eigenvalue weighted by Gasteiger charge is 2.24. The molecule has 2 N–H and O–H groups in total. The summed E-state index contributed by atoms with van der Waals surface area (Å²) in [7, 11) is -3.82. The van der Waals surface area contributed by atoms with E-state index in [4.69, 9.17) is 4.42 Å². The first kappa shape index (κ1) is 21.9. The van der Waals surface area contributed by atoms with Crippen LogP contribution >= 0.6 is 0 Å². The molecule has 2 aromatic carbocycles. The van der Waals surface area contributed by atoms with Crippen LogP contribution in [0.5, 0.6) is 0 Å². The van der Waals surface area contributed by atoms with E-state index >= 15 is 0 Å². The van der Waals surface area contributed by atoms with Gasteiger partial charge in [0.15, 0.2) is 17.3 Å². The van der Waals surface area contributed by atoms with Gasteiger partial charge in [-0.25, -0.2) is 22.2 Å². The van der Waals surface area contributed by atoms with E-state index in [9.17, 15) is 22.0 Å². The summed E-state index contributed by atoms with van der Waals surface area (Å²) in [5.74, 6) is -1.62. The zero-order chi connectivity index (χ0) is 22.9. The summed E-state index contributed by atoms with van der Waals surface area (Å²) in [6.45, 7) is 0.0932. The average molecular weight is 461 g/mol. The van der Waals surface area contributed by atoms with Crippen LogP contribution in [0, 0.1) is 11.6 Å². The fraction of sp³-hybridized carbons (Fsp3) is 0.273. The van der Waals surface area contributed by atoms with Gasteiger partial charge in [-0.1, -0.05) is 12.1 Å². The van der Waals surface area contributed by atoms with E-state index in [-0.39, 0.29) is 24.2 Å². The van der Waals surface area contributed by atoms with E-state index in [1.807, 2.05) is 18.2 Å². The van der Waals surface area contributed by atoms with Gasteiger partial charge in [0, 0.05) is 12.1 Å². The topological polar surface area (TPSA) is 101 Å². The van der Waals surface area contributed by atoms with E-state index in [1.54, 1.807) is 4.72 Å². The molecule has 1 heterocycles. The Hall–Kier alpha value is -3.27. The third-order valence-electron chi connectivity index (χ3n) is 5.01. The molecule has 7 nitrogen and oxygen atoms in total. The molecular weight excluding hydrogens is 440 g/mol. The SMILES string of the molecule is CS(=O)(=O)Nc1c(F)cc(CCNC(=O)c2coc(-c3cccc(C4CC4)c3)n2)cc1F. The van der Waals surface area contributed by atoms with Crippen molar-refractivity contribution < 1.29 is 26.4 Å². The molecule has 3 aromatic rings. The summed E-state index contributed by atoms with van der Waals surface area (Å²) in [5.41, 5.74) is 1.64. The summed E-state index contributed by atoms with van der Waals surface area (Å²) in [6.07, 6.45) is 4.54. The number of aromatic nitrogens is 1. The molecule has 1 amide bonds. The molecule has 32 heavy (non-hydrogen) atoms. The molecule has 4 rings (SSSR count). The molecule has 1 aromatic heterocycles. The van der Waals surface area contributed by atoms with Crippen LogP contribution in [0.3, 0.4) is 0 Å². The van der Waals surface area contributed by atoms with Crippen LogP contribution in [-0.2, 0) is 16.4 Å². The summed E-state index contributed by atoms with van der Waals surface area (Å²) in [6, 6.07) is 9.91. The quantitative estimate of drug-likeness (QED) is 0.531. The maximum Gasteiger partial charge on any atom is 0.273 e. The van der Waals surface area contributed by atoms with Gasteiger partial charge in [-0.05, 0) is 60.6 Å². The zero-order valence-electron chi connectivity index (χ0n) is 17.2. The summed E-state index contributed by atoms with van der Waals surface area (Å²) in [5, 5.41) is 2.63. The van der Waals surface area contributed by atoms with Crippen molar-refractivity contribution in [3.05, 3.63) is 71.1 Å². The van der Waals surface area contributed by atoms with Crippen molar-refractivity contribution in [2.45, 2.75) is 25.2 Å². The number of sulfonamides is 1. The molecule has 1 aliphatic rings. The second kappa shape index (κ2) is 8.70. The molecule has 1 saturated carbocycles. The van der Waals surface area contributed by atoms with Crippen molar-refractivity contribution >= 4 is 21.6 Å². The van der Waals surface area contributed by atoms with Crippen molar-refractivity contribution in [3.8, 4) is 11.5 Å². The second-order valence-electron chi connectivity index (χ2n) is 7.75. The lowest BCUT2D eigenvalue weighted by molar-refractivity contribution is 0.0949. The van der Waals surface area contributed by atoms with Crippen molar-refractivity contribution in [1.29, 1.82) is 0 Å². The number of amides is 1. The Balaban J connectivity index is 1.36. The summed E-state index contributed by atoms with van der Waals surface area (Å²) >= 11 is 0. The molecule has 168 valence electrons. The first-order chi connectivity index (χ1) is 15.2. The lowest BCUT2D eigenvalue weighted by Gasteiger charge is -2.09. The highest BCUT2D eigenvalue weighted by atomic mass is 32.2. The van der Waals surface area contributed by atoms with Crippen molar-refractivity contribution in [2.75, 3.05) is 17.5 Å². The fourth-order valence-electron chi connectivity index (χ4n) is 3.32. The molecule has 0 bridgehead atoms. The number of benzene rings is 2. The molecule has 0 spiro atoms. The summed E-state index contributed by atoms with van der Waals surface area (Å²) < 4.78 is 57.8. The minimum absolute atomic E-state index is 0.0932. The molecule has 0 aliphatic heterocycles. The van der Waals surface area contributed by atoms with E-state index in [2.05, 4.69) is 16.4 Å². The lowest BCUT2D eigenvalue weighted by Crippen LogP contribution is -2.26. The van der Waals surface area contributed by atoms with Gasteiger partial charge in [-0.3, -0.25) is 9.52 Å². The van der Waals surface area contributed by atoms with Gasteiger partial charge in [0.1, 0.15) is 12.0 Å². The van der Waals surface area contributed by atoms with E-state index in [1.165, 1.54) is 24.7 Å². The predicted molar refractivity (Wildman–Crippen MR) is 115 cm³/mol. The van der Waals surface area contributed by atoms with Crippen molar-refractivity contribution in [3.63, 3.8) is 0 Å². The average Bonchev–Trinajstić information content (AvgIpc) is 3.46. The largest absolute Gasteiger partial charge is 0.444 e. The number of carbonyl (C=O) groups is 1. The van der Waals surface area contributed by atoms with Crippen LogP contribution in [0.25, 0.3) is 11.5 Å². The molecule has 0 radical (unpaired) electrons. The van der Waals surface area contributed by atoms with Crippen molar-refractivity contribution in [2.24, 2.45) is 0 Å². The number of nitrogens with zero attached hydrogens (tertiary/aromatic N) is 1. The number of carbonyl (C=O) groups excluding carboxylic acids is 1. The summed E-state index contributed by atoms with van der Waals surface area (Å²) in [4.78, 5) is 16.6. The highest BCUT2D eigenvalue weighted by Crippen LogP contribution is 2.41. The monoisotopic (exact) mass is 461 g/mol. The van der Waals surface area contributed by atoms with Gasteiger partial charge >= 0.3 is 0 Å². The van der Waals surface area contributed by atoms with Gasteiger partial charge in [0.2, 0.25) is 15.9 Å². The van der Waals surface area contributed by atoms with Crippen LogP contribution in [0.1, 0.15) is 40.4 Å². The van der Waals surface area contributed by atoms with Gasteiger partial charge in [-0.2, -0.15) is 0 Å². The minimum Gasteiger partial charge on any atom is -0.444 e. The number of anilines is 1. The van der Waals surface area contributed by atoms with Gasteiger partial charge < -0.3 is 9.73 Å². The maximum absolute atomic E-state index is 14.1. The Labute approximate surface area is 183 Å². The minimum atomic E-state index is -3.82. The molecular formula is C22H21F2N3O4S. The van der Waals surface area contributed by atoms with E-state index in [0.29, 0.717) is 11.8 Å². The fourth-order valence-corrected chi connectivity index (χ4v) is 3.88. The second-order valence-corrected chi connectivity index (χ2v) is 9.50. The zero-order valence-corrected chi connectivity index (χ0v) is 18.0. The Morgan fingerprint density at radius 2 is 1.91 bits per heavy atom. The van der Waals surface area contributed by atoms with Gasteiger partial charge in [-0.15, -0.1) is 0 Å². The molecule has 10 heteroatoms. The standard InChI is InChI=1S/C22H21F2N3O4S/c1-32(29,30)27-20-17(23)9-13(10-18(20)24)7-8-25-21(28)19-12-31-22(26-19)16-4-2-3-15(11-16)14-5-6-14/h2-4,9-12,14,27H,5-8H2,1H3,(H,25,28). The molecule has 1 fully saturated rings. The Bertz CT molecular complexity index is 1250. The van der Waals surface area contributed by atoms with E-state index < -0.39 is 33.3 Å². The number of nitrogens with one attached hydrogen (secondary N) is 2. The maximum atomic E-state index is 14.1. The normalized spacial score (nSPS) is 13.7. The van der Waals surface area contributed by atoms with E-state index in [0.717, 1.165) is 24.0 Å². The number of rotatable bonds is 8. The third kappa shape index (κ3) is 5.31. The van der Waals surface area contributed by atoms with Crippen molar-refractivity contribution in [1.82, 2.24) is 10.3 Å². The number of oxazole rings is 1. The van der Waals surface area contributed by atoms with Crippen LogP contribution in [-0.4, -0.2) is 32.1 Å². The Morgan fingerprint density at radius 3 is 2.56 bits per heavy atom.